The Kier molecular flexibility index (Phi) is 3.71. The number of nitrogens with two attached hydrogens (primary N) is 1. The quantitative estimate of drug-likeness (QED) is 0.886. The Morgan fingerprint density at radius 3 is 2.47 bits per heavy atom. The van der Waals surface area contributed by atoms with Crippen LogP contribution in [0.3, 0.4) is 0 Å². The smallest absolute Gasteiger partial charge is 0.0635 e. The number of pyridine rings is 1. The maximum Gasteiger partial charge on any atom is 0.0635 e. The fourth-order valence-electron chi connectivity index (χ4n) is 3.54. The molecule has 1 saturated heterocycles. The molecular formula is C15H23N3O. The number of nitrogen functional groups attached to an aromatic ring is 1. The second-order valence-electron chi connectivity index (χ2n) is 5.67. The monoisotopic (exact) mass is 261 g/mol. The molecule has 2 fully saturated rings. The van der Waals surface area contributed by atoms with Crippen LogP contribution in [0.15, 0.2) is 18.3 Å². The van der Waals surface area contributed by atoms with E-state index in [2.05, 4.69) is 16.0 Å². The molecule has 19 heavy (non-hydrogen) atoms. The Hall–Kier alpha value is -1.13. The molecule has 104 valence electrons. The second kappa shape index (κ2) is 5.47. The van der Waals surface area contributed by atoms with Crippen molar-refractivity contribution in [1.29, 1.82) is 0 Å². The van der Waals surface area contributed by atoms with Crippen LogP contribution >= 0.6 is 0 Å². The van der Waals surface area contributed by atoms with Gasteiger partial charge in [-0.15, -0.1) is 0 Å². The van der Waals surface area contributed by atoms with Crippen molar-refractivity contribution in [3.8, 4) is 0 Å². The van der Waals surface area contributed by atoms with Crippen LogP contribution in [-0.4, -0.2) is 36.2 Å². The Morgan fingerprint density at radius 2 is 1.84 bits per heavy atom. The van der Waals surface area contributed by atoms with Crippen LogP contribution < -0.4 is 5.73 Å². The Morgan fingerprint density at radius 1 is 1.11 bits per heavy atom. The average Bonchev–Trinajstić information content (AvgIpc) is 2.49. The van der Waals surface area contributed by atoms with E-state index in [0.717, 1.165) is 32.0 Å². The van der Waals surface area contributed by atoms with Gasteiger partial charge in [0.15, 0.2) is 0 Å². The first-order chi connectivity index (χ1) is 9.31. The lowest BCUT2D eigenvalue weighted by molar-refractivity contribution is -0.0422. The van der Waals surface area contributed by atoms with Gasteiger partial charge in [-0.1, -0.05) is 19.3 Å². The highest BCUT2D eigenvalue weighted by molar-refractivity contribution is 5.36. The van der Waals surface area contributed by atoms with Gasteiger partial charge in [0.05, 0.1) is 36.3 Å². The molecule has 0 bridgehead atoms. The molecule has 0 atom stereocenters. The van der Waals surface area contributed by atoms with E-state index in [1.165, 1.54) is 37.8 Å². The van der Waals surface area contributed by atoms with Gasteiger partial charge in [0.2, 0.25) is 0 Å². The van der Waals surface area contributed by atoms with Crippen LogP contribution in [0.2, 0.25) is 0 Å². The summed E-state index contributed by atoms with van der Waals surface area (Å²) in [6, 6.07) is 4.11. The van der Waals surface area contributed by atoms with E-state index in [4.69, 9.17) is 10.5 Å². The van der Waals surface area contributed by atoms with Crippen molar-refractivity contribution >= 4 is 5.69 Å². The van der Waals surface area contributed by atoms with Gasteiger partial charge in [-0.25, -0.2) is 0 Å². The molecule has 1 aliphatic carbocycles. The van der Waals surface area contributed by atoms with Crippen molar-refractivity contribution in [3.05, 3.63) is 24.0 Å². The fourth-order valence-corrected chi connectivity index (χ4v) is 3.54. The number of anilines is 1. The minimum absolute atomic E-state index is 0.121. The van der Waals surface area contributed by atoms with Gasteiger partial charge in [-0.2, -0.15) is 0 Å². The van der Waals surface area contributed by atoms with Crippen molar-refractivity contribution < 1.29 is 4.74 Å². The summed E-state index contributed by atoms with van der Waals surface area (Å²) >= 11 is 0. The predicted molar refractivity (Wildman–Crippen MR) is 75.8 cm³/mol. The molecule has 0 spiro atoms. The molecule has 1 saturated carbocycles. The summed E-state index contributed by atoms with van der Waals surface area (Å²) in [5.74, 6) is 0. The van der Waals surface area contributed by atoms with Gasteiger partial charge in [-0.3, -0.25) is 9.88 Å². The van der Waals surface area contributed by atoms with Gasteiger partial charge in [0.25, 0.3) is 0 Å². The van der Waals surface area contributed by atoms with Crippen molar-refractivity contribution in [3.63, 3.8) is 0 Å². The molecule has 2 aliphatic rings. The van der Waals surface area contributed by atoms with Gasteiger partial charge in [0.1, 0.15) is 0 Å². The first-order valence-electron chi connectivity index (χ1n) is 7.36. The van der Waals surface area contributed by atoms with Crippen LogP contribution in [0.25, 0.3) is 0 Å². The fraction of sp³-hybridized carbons (Fsp3) is 0.667. The molecule has 0 amide bonds. The molecular weight excluding hydrogens is 238 g/mol. The third-order valence-electron chi connectivity index (χ3n) is 4.56. The highest BCUT2D eigenvalue weighted by Gasteiger charge is 2.41. The van der Waals surface area contributed by atoms with Crippen LogP contribution in [0.5, 0.6) is 0 Å². The summed E-state index contributed by atoms with van der Waals surface area (Å²) < 4.78 is 5.51. The lowest BCUT2D eigenvalue weighted by Gasteiger charge is -2.47. The van der Waals surface area contributed by atoms with E-state index < -0.39 is 0 Å². The zero-order valence-corrected chi connectivity index (χ0v) is 11.5. The number of aromatic nitrogens is 1. The normalized spacial score (nSPS) is 24.2. The topological polar surface area (TPSA) is 51.4 Å². The summed E-state index contributed by atoms with van der Waals surface area (Å²) in [6.07, 6.45) is 8.16. The molecule has 0 aromatic carbocycles. The van der Waals surface area contributed by atoms with Crippen molar-refractivity contribution in [2.24, 2.45) is 0 Å². The maximum atomic E-state index is 5.78. The standard InChI is InChI=1S/C15H23N3O/c16-13-4-5-14(17-12-13)15(6-2-1-3-7-15)18-8-10-19-11-9-18/h4-5,12H,1-3,6-11,16H2. The molecule has 1 aromatic rings. The first-order valence-corrected chi connectivity index (χ1v) is 7.36. The maximum absolute atomic E-state index is 5.78. The summed E-state index contributed by atoms with van der Waals surface area (Å²) in [4.78, 5) is 7.23. The highest BCUT2D eigenvalue weighted by Crippen LogP contribution is 2.41. The third-order valence-corrected chi connectivity index (χ3v) is 4.56. The van der Waals surface area contributed by atoms with Crippen molar-refractivity contribution in [2.75, 3.05) is 32.0 Å². The average molecular weight is 261 g/mol. The number of hydrogen-bond acceptors (Lipinski definition) is 4. The van der Waals surface area contributed by atoms with Crippen LogP contribution in [0.1, 0.15) is 37.8 Å². The van der Waals surface area contributed by atoms with Crippen molar-refractivity contribution in [1.82, 2.24) is 9.88 Å². The zero-order chi connectivity index (χ0) is 13.1. The van der Waals surface area contributed by atoms with E-state index in [-0.39, 0.29) is 5.54 Å². The number of rotatable bonds is 2. The van der Waals surface area contributed by atoms with Gasteiger partial charge >= 0.3 is 0 Å². The lowest BCUT2D eigenvalue weighted by Crippen LogP contribution is -2.52. The first kappa shape index (κ1) is 12.9. The third kappa shape index (κ3) is 2.47. The van der Waals surface area contributed by atoms with Crippen LogP contribution in [-0.2, 0) is 10.3 Å². The summed E-state index contributed by atoms with van der Waals surface area (Å²) in [5, 5.41) is 0. The van der Waals surface area contributed by atoms with E-state index in [1.54, 1.807) is 6.20 Å². The molecule has 4 nitrogen and oxygen atoms in total. The van der Waals surface area contributed by atoms with E-state index in [1.807, 2.05) is 6.07 Å². The summed E-state index contributed by atoms with van der Waals surface area (Å²) in [6.45, 7) is 3.73. The zero-order valence-electron chi connectivity index (χ0n) is 11.5. The van der Waals surface area contributed by atoms with E-state index in [9.17, 15) is 0 Å². The molecule has 0 unspecified atom stereocenters. The second-order valence-corrected chi connectivity index (χ2v) is 5.67. The number of hydrogen-bond donors (Lipinski definition) is 1. The van der Waals surface area contributed by atoms with Gasteiger partial charge in [-0.05, 0) is 25.0 Å². The van der Waals surface area contributed by atoms with E-state index >= 15 is 0 Å². The SMILES string of the molecule is Nc1ccc(C2(N3CCOCC3)CCCCC2)nc1. The van der Waals surface area contributed by atoms with Gasteiger partial charge in [0, 0.05) is 13.1 Å². The van der Waals surface area contributed by atoms with Crippen LogP contribution in [0, 0.1) is 0 Å². The Labute approximate surface area is 115 Å². The van der Waals surface area contributed by atoms with Crippen molar-refractivity contribution in [2.45, 2.75) is 37.6 Å². The molecule has 3 rings (SSSR count). The van der Waals surface area contributed by atoms with E-state index in [0.29, 0.717) is 0 Å². The molecule has 1 aromatic heterocycles. The Balaban J connectivity index is 1.93. The van der Waals surface area contributed by atoms with Gasteiger partial charge < -0.3 is 10.5 Å². The highest BCUT2D eigenvalue weighted by atomic mass is 16.5. The summed E-state index contributed by atoms with van der Waals surface area (Å²) in [7, 11) is 0. The number of nitrogens with zero attached hydrogens (tertiary/aromatic N) is 2. The minimum atomic E-state index is 0.121. The molecule has 1 aliphatic heterocycles. The molecule has 2 heterocycles. The number of morpholine rings is 1. The minimum Gasteiger partial charge on any atom is -0.397 e. The molecule has 4 heteroatoms. The number of ether oxygens (including phenoxy) is 1. The summed E-state index contributed by atoms with van der Waals surface area (Å²) in [5.41, 5.74) is 7.85. The molecule has 0 radical (unpaired) electrons. The predicted octanol–water partition coefficient (Wildman–Crippen LogP) is 2.16. The Bertz CT molecular complexity index is 406. The largest absolute Gasteiger partial charge is 0.397 e. The molecule has 2 N–H and O–H groups in total. The van der Waals surface area contributed by atoms with Crippen LogP contribution in [0.4, 0.5) is 5.69 Å². The lowest BCUT2D eigenvalue weighted by atomic mass is 9.77.